The molecule has 2 aromatic rings. The van der Waals surface area contributed by atoms with Gasteiger partial charge in [0.25, 0.3) is 0 Å². The number of carbonyl (C=O) groups is 1. The Balaban J connectivity index is 2.18. The van der Waals surface area contributed by atoms with Gasteiger partial charge in [0, 0.05) is 26.9 Å². The quantitative estimate of drug-likeness (QED) is 0.769. The molecule has 0 atom stereocenters. The largest absolute Gasteiger partial charge is 0.294 e. The molecule has 2 nitrogen and oxygen atoms in total. The molecule has 0 aliphatic heterocycles. The molecule has 4 heteroatoms. The van der Waals surface area contributed by atoms with E-state index < -0.39 is 0 Å². The number of aromatic nitrogens is 1. The Morgan fingerprint density at radius 2 is 2.11 bits per heavy atom. The van der Waals surface area contributed by atoms with Crippen LogP contribution in [0.2, 0.25) is 5.02 Å². The number of benzene rings is 1. The van der Waals surface area contributed by atoms with Gasteiger partial charge < -0.3 is 0 Å². The van der Waals surface area contributed by atoms with E-state index in [0.29, 0.717) is 10.6 Å². The van der Waals surface area contributed by atoms with E-state index in [4.69, 9.17) is 11.6 Å². The minimum atomic E-state index is 0.00567. The maximum Gasteiger partial charge on any atom is 0.169 e. The summed E-state index contributed by atoms with van der Waals surface area (Å²) in [7, 11) is 0. The standard InChI is InChI=1S/C15H13BrClNO/c1-2-10-3-5-12(18-9-10)8-15(19)13-7-11(17)4-6-14(13)16/h3-7,9H,2,8H2,1H3. The Morgan fingerprint density at radius 1 is 1.32 bits per heavy atom. The second kappa shape index (κ2) is 6.31. The summed E-state index contributed by atoms with van der Waals surface area (Å²) in [5.74, 6) is 0.00567. The van der Waals surface area contributed by atoms with Crippen molar-refractivity contribution in [3.8, 4) is 0 Å². The highest BCUT2D eigenvalue weighted by Gasteiger charge is 2.12. The third-order valence-corrected chi connectivity index (χ3v) is 3.79. The number of ketones is 1. The van der Waals surface area contributed by atoms with Crippen LogP contribution in [0, 0.1) is 0 Å². The molecule has 0 bridgehead atoms. The summed E-state index contributed by atoms with van der Waals surface area (Å²) >= 11 is 9.28. The van der Waals surface area contributed by atoms with Crippen LogP contribution in [0.1, 0.15) is 28.5 Å². The number of aryl methyl sites for hydroxylation is 1. The summed E-state index contributed by atoms with van der Waals surface area (Å²) in [4.78, 5) is 16.5. The molecule has 0 spiro atoms. The van der Waals surface area contributed by atoms with Gasteiger partial charge in [-0.1, -0.05) is 40.5 Å². The van der Waals surface area contributed by atoms with Gasteiger partial charge in [-0.25, -0.2) is 0 Å². The number of nitrogens with zero attached hydrogens (tertiary/aromatic N) is 1. The fourth-order valence-electron chi connectivity index (χ4n) is 1.74. The molecule has 19 heavy (non-hydrogen) atoms. The second-order valence-electron chi connectivity index (χ2n) is 4.24. The third-order valence-electron chi connectivity index (χ3n) is 2.86. The number of pyridine rings is 1. The minimum absolute atomic E-state index is 0.00567. The normalized spacial score (nSPS) is 10.5. The van der Waals surface area contributed by atoms with Crippen molar-refractivity contribution in [2.45, 2.75) is 19.8 Å². The lowest BCUT2D eigenvalue weighted by molar-refractivity contribution is 0.0991. The Labute approximate surface area is 126 Å². The molecule has 0 saturated heterocycles. The van der Waals surface area contributed by atoms with Gasteiger partial charge in [-0.3, -0.25) is 9.78 Å². The van der Waals surface area contributed by atoms with Gasteiger partial charge in [0.1, 0.15) is 0 Å². The summed E-state index contributed by atoms with van der Waals surface area (Å²) in [6, 6.07) is 9.10. The van der Waals surface area contributed by atoms with Crippen molar-refractivity contribution in [1.29, 1.82) is 0 Å². The van der Waals surface area contributed by atoms with Crippen LogP contribution in [0.4, 0.5) is 0 Å². The predicted octanol–water partition coefficient (Wildman–Crippen LogP) is 4.49. The molecular formula is C15H13BrClNO. The molecule has 0 N–H and O–H groups in total. The SMILES string of the molecule is CCc1ccc(CC(=O)c2cc(Cl)ccc2Br)nc1. The van der Waals surface area contributed by atoms with Crippen LogP contribution in [0.3, 0.4) is 0 Å². The lowest BCUT2D eigenvalue weighted by atomic mass is 10.1. The molecule has 0 unspecified atom stereocenters. The third kappa shape index (κ3) is 3.64. The average Bonchev–Trinajstić information content (AvgIpc) is 2.42. The molecule has 0 saturated carbocycles. The van der Waals surface area contributed by atoms with Gasteiger partial charge in [-0.15, -0.1) is 0 Å². The Bertz CT molecular complexity index is 596. The van der Waals surface area contributed by atoms with E-state index in [-0.39, 0.29) is 12.2 Å². The number of halogens is 2. The summed E-state index contributed by atoms with van der Waals surface area (Å²) < 4.78 is 0.757. The lowest BCUT2D eigenvalue weighted by Crippen LogP contribution is -2.06. The Hall–Kier alpha value is -1.19. The van der Waals surface area contributed by atoms with Crippen LogP contribution in [-0.4, -0.2) is 10.8 Å². The van der Waals surface area contributed by atoms with Crippen molar-refractivity contribution in [2.24, 2.45) is 0 Å². The lowest BCUT2D eigenvalue weighted by Gasteiger charge is -2.05. The van der Waals surface area contributed by atoms with Crippen molar-refractivity contribution in [3.05, 3.63) is 62.8 Å². The summed E-state index contributed by atoms with van der Waals surface area (Å²) in [5.41, 5.74) is 2.53. The van der Waals surface area contributed by atoms with Crippen molar-refractivity contribution >= 4 is 33.3 Å². The fourth-order valence-corrected chi connectivity index (χ4v) is 2.38. The molecule has 0 aliphatic carbocycles. The van der Waals surface area contributed by atoms with E-state index >= 15 is 0 Å². The van der Waals surface area contributed by atoms with Crippen molar-refractivity contribution in [3.63, 3.8) is 0 Å². The molecule has 0 fully saturated rings. The number of hydrogen-bond acceptors (Lipinski definition) is 2. The van der Waals surface area contributed by atoms with E-state index in [0.717, 1.165) is 16.6 Å². The van der Waals surface area contributed by atoms with Crippen LogP contribution in [0.15, 0.2) is 41.0 Å². The summed E-state index contributed by atoms with van der Waals surface area (Å²) in [6.45, 7) is 2.07. The maximum absolute atomic E-state index is 12.2. The van der Waals surface area contributed by atoms with Crippen LogP contribution in [-0.2, 0) is 12.8 Å². The first-order valence-electron chi connectivity index (χ1n) is 6.02. The van der Waals surface area contributed by atoms with Gasteiger partial charge in [0.15, 0.2) is 5.78 Å². The number of Topliss-reactive ketones (excluding diaryl/α,β-unsaturated/α-hetero) is 1. The maximum atomic E-state index is 12.2. The van der Waals surface area contributed by atoms with Gasteiger partial charge in [-0.05, 0) is 36.2 Å². The highest BCUT2D eigenvalue weighted by Crippen LogP contribution is 2.22. The van der Waals surface area contributed by atoms with Crippen LogP contribution >= 0.6 is 27.5 Å². The average molecular weight is 339 g/mol. The van der Waals surface area contributed by atoms with E-state index in [1.807, 2.05) is 18.3 Å². The van der Waals surface area contributed by atoms with E-state index in [9.17, 15) is 4.79 Å². The molecular weight excluding hydrogens is 326 g/mol. The zero-order chi connectivity index (χ0) is 13.8. The molecule has 0 amide bonds. The minimum Gasteiger partial charge on any atom is -0.294 e. The zero-order valence-electron chi connectivity index (χ0n) is 10.5. The van der Waals surface area contributed by atoms with Gasteiger partial charge in [0.05, 0.1) is 6.42 Å². The molecule has 2 rings (SSSR count). The van der Waals surface area contributed by atoms with Crippen molar-refractivity contribution in [1.82, 2.24) is 4.98 Å². The zero-order valence-corrected chi connectivity index (χ0v) is 12.8. The van der Waals surface area contributed by atoms with Crippen LogP contribution in [0.5, 0.6) is 0 Å². The Kier molecular flexibility index (Phi) is 4.72. The van der Waals surface area contributed by atoms with Gasteiger partial charge >= 0.3 is 0 Å². The first-order chi connectivity index (χ1) is 9.10. The predicted molar refractivity (Wildman–Crippen MR) is 80.8 cm³/mol. The second-order valence-corrected chi connectivity index (χ2v) is 5.53. The van der Waals surface area contributed by atoms with E-state index in [2.05, 4.69) is 27.8 Å². The first kappa shape index (κ1) is 14.2. The molecule has 1 heterocycles. The van der Waals surface area contributed by atoms with Crippen molar-refractivity contribution < 1.29 is 4.79 Å². The van der Waals surface area contributed by atoms with Crippen LogP contribution < -0.4 is 0 Å². The molecule has 0 radical (unpaired) electrons. The monoisotopic (exact) mass is 337 g/mol. The number of carbonyl (C=O) groups excluding carboxylic acids is 1. The molecule has 1 aromatic carbocycles. The number of rotatable bonds is 4. The smallest absolute Gasteiger partial charge is 0.169 e. The van der Waals surface area contributed by atoms with Gasteiger partial charge in [-0.2, -0.15) is 0 Å². The molecule has 1 aromatic heterocycles. The van der Waals surface area contributed by atoms with Crippen molar-refractivity contribution in [2.75, 3.05) is 0 Å². The topological polar surface area (TPSA) is 30.0 Å². The number of hydrogen-bond donors (Lipinski definition) is 0. The Morgan fingerprint density at radius 3 is 2.74 bits per heavy atom. The van der Waals surface area contributed by atoms with Gasteiger partial charge in [0.2, 0.25) is 0 Å². The molecule has 0 aliphatic rings. The summed E-state index contributed by atoms with van der Waals surface area (Å²) in [5, 5.41) is 0.556. The fraction of sp³-hybridized carbons (Fsp3) is 0.200. The highest BCUT2D eigenvalue weighted by atomic mass is 79.9. The molecule has 98 valence electrons. The van der Waals surface area contributed by atoms with E-state index in [1.165, 1.54) is 5.56 Å². The highest BCUT2D eigenvalue weighted by molar-refractivity contribution is 9.10. The first-order valence-corrected chi connectivity index (χ1v) is 7.19. The van der Waals surface area contributed by atoms with Crippen LogP contribution in [0.25, 0.3) is 0 Å². The summed E-state index contributed by atoms with van der Waals surface area (Å²) in [6.07, 6.45) is 3.04. The van der Waals surface area contributed by atoms with E-state index in [1.54, 1.807) is 18.2 Å².